The van der Waals surface area contributed by atoms with E-state index in [9.17, 15) is 18.0 Å². The van der Waals surface area contributed by atoms with E-state index in [4.69, 9.17) is 4.74 Å². The highest BCUT2D eigenvalue weighted by Gasteiger charge is 2.33. The van der Waals surface area contributed by atoms with Crippen LogP contribution in [0.2, 0.25) is 0 Å². The molecule has 0 unspecified atom stereocenters. The van der Waals surface area contributed by atoms with Gasteiger partial charge in [0.15, 0.2) is 17.5 Å². The van der Waals surface area contributed by atoms with Crippen molar-refractivity contribution in [1.82, 2.24) is 0 Å². The van der Waals surface area contributed by atoms with Gasteiger partial charge in [-0.05, 0) is 56.3 Å². The molecule has 1 aromatic carbocycles. The number of hydrogen-bond acceptors (Lipinski definition) is 2. The Hall–Kier alpha value is -1.52. The van der Waals surface area contributed by atoms with E-state index < -0.39 is 23.4 Å². The number of hydrogen-bond donors (Lipinski definition) is 0. The number of carbonyl (C=O) groups excluding carboxylic acids is 1. The van der Waals surface area contributed by atoms with E-state index in [1.807, 2.05) is 0 Å². The molecule has 2 nitrogen and oxygen atoms in total. The van der Waals surface area contributed by atoms with Gasteiger partial charge in [0, 0.05) is 15.0 Å². The molecule has 27 heavy (non-hydrogen) atoms. The molecule has 0 bridgehead atoms. The molecule has 2 aliphatic rings. The first kappa shape index (κ1) is 23.5. The summed E-state index contributed by atoms with van der Waals surface area (Å²) >= 11 is 0. The maximum Gasteiger partial charge on any atom is 0.314 e. The van der Waals surface area contributed by atoms with Crippen LogP contribution in [-0.2, 0) is 4.79 Å². The topological polar surface area (TPSA) is 26.3 Å². The summed E-state index contributed by atoms with van der Waals surface area (Å²) in [6.07, 6.45) is 8.69. The van der Waals surface area contributed by atoms with Crippen molar-refractivity contribution in [2.45, 2.75) is 73.1 Å². The molecule has 3 rings (SSSR count). The van der Waals surface area contributed by atoms with Crippen LogP contribution in [0.5, 0.6) is 5.75 Å². The highest BCUT2D eigenvalue weighted by Crippen LogP contribution is 2.41. The van der Waals surface area contributed by atoms with Crippen molar-refractivity contribution < 1.29 is 25.6 Å². The van der Waals surface area contributed by atoms with Gasteiger partial charge in [-0.3, -0.25) is 4.79 Å². The zero-order valence-electron chi connectivity index (χ0n) is 14.6. The van der Waals surface area contributed by atoms with Gasteiger partial charge in [0.1, 0.15) is 5.75 Å². The predicted octanol–water partition coefficient (Wildman–Crippen LogP) is 7.41. The molecule has 0 N–H and O–H groups in total. The Morgan fingerprint density at radius 1 is 0.889 bits per heavy atom. The van der Waals surface area contributed by atoms with E-state index in [0.717, 1.165) is 37.5 Å². The number of rotatable bonds is 3. The van der Waals surface area contributed by atoms with Crippen molar-refractivity contribution in [2.75, 3.05) is 0 Å². The third-order valence-corrected chi connectivity index (χ3v) is 6.01. The Bertz CT molecular complexity index is 603. The third-order valence-electron chi connectivity index (χ3n) is 6.01. The standard InChI is InChI=1S/C20H25F3O2.2CH4.2H2/c1-12-2-4-13(5-3-12)14-6-8-15(9-7-14)20(24)25-16-10-17(21)19(23)18(22)11-16;;;;/h10-15H,2-9H2,1H3;2*1H4;2*1H. The summed E-state index contributed by atoms with van der Waals surface area (Å²) in [5.74, 6) is -2.95. The largest absolute Gasteiger partial charge is 0.426 e. The van der Waals surface area contributed by atoms with Crippen LogP contribution in [0.3, 0.4) is 0 Å². The van der Waals surface area contributed by atoms with Crippen LogP contribution in [0.1, 0.15) is 76.0 Å². The Morgan fingerprint density at radius 2 is 1.33 bits per heavy atom. The van der Waals surface area contributed by atoms with Crippen molar-refractivity contribution in [3.8, 4) is 5.75 Å². The van der Waals surface area contributed by atoms with E-state index in [1.54, 1.807) is 0 Å². The van der Waals surface area contributed by atoms with Crippen LogP contribution in [0.25, 0.3) is 0 Å². The third kappa shape index (κ3) is 5.73. The molecule has 0 amide bonds. The molecule has 0 heterocycles. The number of ether oxygens (including phenoxy) is 1. The monoisotopic (exact) mass is 390 g/mol. The average Bonchev–Trinajstić information content (AvgIpc) is 2.60. The first-order chi connectivity index (χ1) is 11.9. The normalized spacial score (nSPS) is 27.9. The van der Waals surface area contributed by atoms with Gasteiger partial charge in [-0.1, -0.05) is 34.6 Å². The molecule has 5 heteroatoms. The van der Waals surface area contributed by atoms with Crippen LogP contribution >= 0.6 is 0 Å². The molecule has 2 aliphatic carbocycles. The summed E-state index contributed by atoms with van der Waals surface area (Å²) in [7, 11) is 0. The van der Waals surface area contributed by atoms with Crippen LogP contribution < -0.4 is 4.74 Å². The second-order valence-electron chi connectivity index (χ2n) is 7.75. The van der Waals surface area contributed by atoms with E-state index in [-0.39, 0.29) is 29.4 Å². The van der Waals surface area contributed by atoms with Crippen molar-refractivity contribution in [1.29, 1.82) is 0 Å². The van der Waals surface area contributed by atoms with Crippen molar-refractivity contribution in [2.24, 2.45) is 23.7 Å². The van der Waals surface area contributed by atoms with E-state index >= 15 is 0 Å². The fourth-order valence-corrected chi connectivity index (χ4v) is 4.37. The average molecular weight is 391 g/mol. The minimum Gasteiger partial charge on any atom is -0.426 e. The Labute approximate surface area is 164 Å². The van der Waals surface area contributed by atoms with Gasteiger partial charge in [-0.15, -0.1) is 0 Å². The fraction of sp³-hybridized carbons (Fsp3) is 0.682. The molecule has 0 spiro atoms. The lowest BCUT2D eigenvalue weighted by atomic mass is 9.69. The van der Waals surface area contributed by atoms with Crippen LogP contribution in [0, 0.1) is 41.1 Å². The van der Waals surface area contributed by atoms with Gasteiger partial charge >= 0.3 is 5.97 Å². The molecule has 1 aromatic rings. The van der Waals surface area contributed by atoms with Crippen molar-refractivity contribution >= 4 is 5.97 Å². The smallest absolute Gasteiger partial charge is 0.314 e. The number of benzene rings is 1. The minimum absolute atomic E-state index is 0. The lowest BCUT2D eigenvalue weighted by Gasteiger charge is -2.36. The summed E-state index contributed by atoms with van der Waals surface area (Å²) in [5.41, 5.74) is 0. The highest BCUT2D eigenvalue weighted by molar-refractivity contribution is 5.75. The predicted molar refractivity (Wildman–Crippen MR) is 106 cm³/mol. The number of esters is 1. The molecule has 0 saturated heterocycles. The number of halogens is 3. The van der Waals surface area contributed by atoms with Gasteiger partial charge in [-0.2, -0.15) is 0 Å². The zero-order chi connectivity index (χ0) is 18.0. The molecular formula is C22H37F3O2. The zero-order valence-corrected chi connectivity index (χ0v) is 14.6. The summed E-state index contributed by atoms with van der Waals surface area (Å²) in [4.78, 5) is 12.2. The second-order valence-corrected chi connectivity index (χ2v) is 7.75. The Balaban J connectivity index is 0. The Kier molecular flexibility index (Phi) is 8.83. The highest BCUT2D eigenvalue weighted by atomic mass is 19.2. The van der Waals surface area contributed by atoms with Crippen LogP contribution in [-0.4, -0.2) is 5.97 Å². The van der Waals surface area contributed by atoms with Gasteiger partial charge < -0.3 is 4.74 Å². The lowest BCUT2D eigenvalue weighted by Crippen LogP contribution is -2.29. The van der Waals surface area contributed by atoms with Crippen LogP contribution in [0.15, 0.2) is 12.1 Å². The van der Waals surface area contributed by atoms with E-state index in [2.05, 4.69) is 6.92 Å². The quantitative estimate of drug-likeness (QED) is 0.305. The van der Waals surface area contributed by atoms with Crippen molar-refractivity contribution in [3.05, 3.63) is 29.6 Å². The summed E-state index contributed by atoms with van der Waals surface area (Å²) in [5, 5.41) is 0. The first-order valence-corrected chi connectivity index (χ1v) is 9.30. The molecule has 0 aromatic heterocycles. The summed E-state index contributed by atoms with van der Waals surface area (Å²) in [6.45, 7) is 2.31. The minimum atomic E-state index is -1.55. The van der Waals surface area contributed by atoms with Gasteiger partial charge in [0.2, 0.25) is 0 Å². The van der Waals surface area contributed by atoms with Crippen molar-refractivity contribution in [3.63, 3.8) is 0 Å². The Morgan fingerprint density at radius 3 is 1.81 bits per heavy atom. The van der Waals surface area contributed by atoms with Gasteiger partial charge in [-0.25, -0.2) is 13.2 Å². The summed E-state index contributed by atoms with van der Waals surface area (Å²) < 4.78 is 44.5. The SMILES string of the molecule is C.C.CC1CCC(C2CCC(C(=O)Oc3cc(F)c(F)c(F)c3)CC2)CC1.[HH].[HH]. The molecular weight excluding hydrogens is 353 g/mol. The molecule has 0 atom stereocenters. The molecule has 0 aliphatic heterocycles. The van der Waals surface area contributed by atoms with Crippen LogP contribution in [0.4, 0.5) is 13.2 Å². The maximum atomic E-state index is 13.2. The van der Waals surface area contributed by atoms with Gasteiger partial charge in [0.05, 0.1) is 5.92 Å². The molecule has 0 radical (unpaired) electrons. The fourth-order valence-electron chi connectivity index (χ4n) is 4.37. The van der Waals surface area contributed by atoms with E-state index in [1.165, 1.54) is 25.7 Å². The molecule has 158 valence electrons. The van der Waals surface area contributed by atoms with E-state index in [0.29, 0.717) is 18.1 Å². The lowest BCUT2D eigenvalue weighted by molar-refractivity contribution is -0.140. The summed E-state index contributed by atoms with van der Waals surface area (Å²) in [6, 6.07) is 1.43. The molecule has 2 saturated carbocycles. The molecule has 2 fully saturated rings. The number of carbonyl (C=O) groups is 1. The van der Waals surface area contributed by atoms with Gasteiger partial charge in [0.25, 0.3) is 0 Å². The second kappa shape index (κ2) is 10.1. The maximum absolute atomic E-state index is 13.2. The first-order valence-electron chi connectivity index (χ1n) is 9.30.